The molecular weight excluding hydrogens is 194 g/mol. The summed E-state index contributed by atoms with van der Waals surface area (Å²) in [6.45, 7) is 2.84. The third-order valence-corrected chi connectivity index (χ3v) is 2.71. The van der Waals surface area contributed by atoms with Crippen molar-refractivity contribution in [3.8, 4) is 0 Å². The lowest BCUT2D eigenvalue weighted by Gasteiger charge is -2.35. The Balaban J connectivity index is 2.49. The Morgan fingerprint density at radius 3 is 2.80 bits per heavy atom. The van der Waals surface area contributed by atoms with Crippen molar-refractivity contribution < 1.29 is 9.59 Å². The van der Waals surface area contributed by atoms with Gasteiger partial charge >= 0.3 is 0 Å². The summed E-state index contributed by atoms with van der Waals surface area (Å²) in [4.78, 5) is 24.1. The minimum atomic E-state index is -0.0549. The molecule has 0 spiro atoms. The molecule has 1 rings (SSSR count). The van der Waals surface area contributed by atoms with Gasteiger partial charge < -0.3 is 16.0 Å². The highest BCUT2D eigenvalue weighted by molar-refractivity contribution is 5.78. The van der Waals surface area contributed by atoms with E-state index in [1.807, 2.05) is 0 Å². The van der Waals surface area contributed by atoms with E-state index in [1.165, 1.54) is 6.92 Å². The smallest absolute Gasteiger partial charge is 0.236 e. The van der Waals surface area contributed by atoms with E-state index in [0.717, 1.165) is 25.8 Å². The summed E-state index contributed by atoms with van der Waals surface area (Å²) in [6, 6.07) is 0.124. The van der Waals surface area contributed by atoms with Gasteiger partial charge in [0.1, 0.15) is 0 Å². The number of hydrogen-bond donors (Lipinski definition) is 2. The van der Waals surface area contributed by atoms with Crippen LogP contribution in [0.4, 0.5) is 0 Å². The van der Waals surface area contributed by atoms with E-state index in [4.69, 9.17) is 5.73 Å². The molecule has 1 fully saturated rings. The van der Waals surface area contributed by atoms with E-state index < -0.39 is 0 Å². The van der Waals surface area contributed by atoms with Gasteiger partial charge in [-0.25, -0.2) is 0 Å². The standard InChI is InChI=1S/C10H19N3O2/c1-8(14)12-7-9-4-2-3-5-13(9)10(15)6-11/h9H,2-7,11H2,1H3,(H,12,14). The quantitative estimate of drug-likeness (QED) is 0.661. The predicted octanol–water partition coefficient (Wildman–Crippen LogP) is -0.538. The molecule has 0 aliphatic carbocycles. The maximum absolute atomic E-state index is 11.5. The third kappa shape index (κ3) is 3.51. The number of hydrogen-bond acceptors (Lipinski definition) is 3. The molecule has 0 radical (unpaired) electrons. The van der Waals surface area contributed by atoms with Gasteiger partial charge in [-0.15, -0.1) is 0 Å². The Labute approximate surface area is 90.0 Å². The summed E-state index contributed by atoms with van der Waals surface area (Å²) in [7, 11) is 0. The summed E-state index contributed by atoms with van der Waals surface area (Å²) in [6.07, 6.45) is 3.09. The van der Waals surface area contributed by atoms with Gasteiger partial charge in [0, 0.05) is 26.1 Å². The first kappa shape index (κ1) is 12.0. The van der Waals surface area contributed by atoms with Crippen LogP contribution in [0.2, 0.25) is 0 Å². The van der Waals surface area contributed by atoms with Gasteiger partial charge in [-0.3, -0.25) is 9.59 Å². The molecule has 5 nitrogen and oxygen atoms in total. The van der Waals surface area contributed by atoms with Crippen molar-refractivity contribution in [1.29, 1.82) is 0 Å². The zero-order valence-corrected chi connectivity index (χ0v) is 9.16. The highest BCUT2D eigenvalue weighted by Gasteiger charge is 2.25. The average molecular weight is 213 g/mol. The molecule has 0 aromatic heterocycles. The van der Waals surface area contributed by atoms with E-state index >= 15 is 0 Å². The predicted molar refractivity (Wildman–Crippen MR) is 57.1 cm³/mol. The number of nitrogens with two attached hydrogens (primary N) is 1. The number of likely N-dealkylation sites (tertiary alicyclic amines) is 1. The lowest BCUT2D eigenvalue weighted by molar-refractivity contribution is -0.133. The molecule has 0 bridgehead atoms. The first-order valence-electron chi connectivity index (χ1n) is 5.39. The first-order valence-corrected chi connectivity index (χ1v) is 5.39. The SMILES string of the molecule is CC(=O)NCC1CCCCN1C(=O)CN. The molecular formula is C10H19N3O2. The Morgan fingerprint density at radius 2 is 2.20 bits per heavy atom. The molecule has 0 aromatic carbocycles. The molecule has 1 aliphatic heterocycles. The normalized spacial score (nSPS) is 21.2. The fourth-order valence-corrected chi connectivity index (χ4v) is 1.92. The third-order valence-electron chi connectivity index (χ3n) is 2.71. The second-order valence-corrected chi connectivity index (χ2v) is 3.88. The number of nitrogens with zero attached hydrogens (tertiary/aromatic N) is 1. The van der Waals surface area contributed by atoms with Crippen molar-refractivity contribution in [2.45, 2.75) is 32.2 Å². The highest BCUT2D eigenvalue weighted by atomic mass is 16.2. The molecule has 1 atom stereocenters. The van der Waals surface area contributed by atoms with Crippen molar-refractivity contribution in [3.05, 3.63) is 0 Å². The molecule has 3 N–H and O–H groups in total. The Bertz CT molecular complexity index is 243. The Hall–Kier alpha value is -1.10. The molecule has 15 heavy (non-hydrogen) atoms. The van der Waals surface area contributed by atoms with Crippen molar-refractivity contribution in [3.63, 3.8) is 0 Å². The number of carbonyl (C=O) groups is 2. The van der Waals surface area contributed by atoms with Gasteiger partial charge in [0.15, 0.2) is 0 Å². The van der Waals surface area contributed by atoms with Gasteiger partial charge in [-0.2, -0.15) is 0 Å². The van der Waals surface area contributed by atoms with Crippen LogP contribution in [0.15, 0.2) is 0 Å². The van der Waals surface area contributed by atoms with Crippen LogP contribution in [0.1, 0.15) is 26.2 Å². The fourth-order valence-electron chi connectivity index (χ4n) is 1.92. The van der Waals surface area contributed by atoms with Crippen molar-refractivity contribution in [1.82, 2.24) is 10.2 Å². The van der Waals surface area contributed by atoms with Gasteiger partial charge in [-0.05, 0) is 19.3 Å². The summed E-state index contributed by atoms with van der Waals surface area (Å²) in [5.74, 6) is -0.0780. The lowest BCUT2D eigenvalue weighted by atomic mass is 10.0. The fraction of sp³-hybridized carbons (Fsp3) is 0.800. The maximum Gasteiger partial charge on any atom is 0.236 e. The van der Waals surface area contributed by atoms with E-state index in [2.05, 4.69) is 5.32 Å². The van der Waals surface area contributed by atoms with Crippen LogP contribution in [0.5, 0.6) is 0 Å². The number of nitrogens with one attached hydrogen (secondary N) is 1. The molecule has 1 aliphatic rings. The van der Waals surface area contributed by atoms with Gasteiger partial charge in [0.2, 0.25) is 11.8 Å². The van der Waals surface area contributed by atoms with E-state index in [0.29, 0.717) is 6.54 Å². The van der Waals surface area contributed by atoms with Crippen molar-refractivity contribution in [2.75, 3.05) is 19.6 Å². The van der Waals surface area contributed by atoms with Crippen molar-refractivity contribution in [2.24, 2.45) is 5.73 Å². The van der Waals surface area contributed by atoms with E-state index in [9.17, 15) is 9.59 Å². The second kappa shape index (κ2) is 5.70. The van der Waals surface area contributed by atoms with Crippen LogP contribution in [0.3, 0.4) is 0 Å². The van der Waals surface area contributed by atoms with Crippen LogP contribution in [0.25, 0.3) is 0 Å². The Morgan fingerprint density at radius 1 is 1.47 bits per heavy atom. The number of rotatable bonds is 3. The maximum atomic E-state index is 11.5. The van der Waals surface area contributed by atoms with Crippen LogP contribution >= 0.6 is 0 Å². The van der Waals surface area contributed by atoms with Crippen LogP contribution in [-0.4, -0.2) is 42.4 Å². The molecule has 0 saturated carbocycles. The highest BCUT2D eigenvalue weighted by Crippen LogP contribution is 2.16. The van der Waals surface area contributed by atoms with E-state index in [1.54, 1.807) is 4.90 Å². The molecule has 1 saturated heterocycles. The molecule has 1 heterocycles. The molecule has 0 aromatic rings. The van der Waals surface area contributed by atoms with Crippen LogP contribution < -0.4 is 11.1 Å². The molecule has 2 amide bonds. The molecule has 1 unspecified atom stereocenters. The van der Waals surface area contributed by atoms with Crippen LogP contribution in [0, 0.1) is 0 Å². The van der Waals surface area contributed by atoms with Gasteiger partial charge in [0.05, 0.1) is 6.54 Å². The van der Waals surface area contributed by atoms with Crippen molar-refractivity contribution >= 4 is 11.8 Å². The van der Waals surface area contributed by atoms with Gasteiger partial charge in [0.25, 0.3) is 0 Å². The minimum Gasteiger partial charge on any atom is -0.354 e. The van der Waals surface area contributed by atoms with Gasteiger partial charge in [-0.1, -0.05) is 0 Å². The molecule has 5 heteroatoms. The summed E-state index contributed by atoms with van der Waals surface area (Å²) in [5, 5.41) is 2.75. The molecule has 86 valence electrons. The summed E-state index contributed by atoms with van der Waals surface area (Å²) >= 11 is 0. The van der Waals surface area contributed by atoms with E-state index in [-0.39, 0.29) is 24.4 Å². The first-order chi connectivity index (χ1) is 7.15. The monoisotopic (exact) mass is 213 g/mol. The summed E-state index contributed by atoms with van der Waals surface area (Å²) < 4.78 is 0. The second-order valence-electron chi connectivity index (χ2n) is 3.88. The number of amides is 2. The Kier molecular flexibility index (Phi) is 4.55. The largest absolute Gasteiger partial charge is 0.354 e. The zero-order chi connectivity index (χ0) is 11.3. The lowest BCUT2D eigenvalue weighted by Crippen LogP contribution is -2.50. The minimum absolute atomic E-state index is 0.0231. The number of piperidine rings is 1. The topological polar surface area (TPSA) is 75.4 Å². The zero-order valence-electron chi connectivity index (χ0n) is 9.16. The summed E-state index contributed by atoms with van der Waals surface area (Å²) in [5.41, 5.74) is 5.34. The average Bonchev–Trinajstić information content (AvgIpc) is 2.25. The number of carbonyl (C=O) groups excluding carboxylic acids is 2. The van der Waals surface area contributed by atoms with Crippen LogP contribution in [-0.2, 0) is 9.59 Å².